The minimum absolute atomic E-state index is 0. The van der Waals surface area contributed by atoms with E-state index in [-0.39, 0.29) is 24.0 Å². The molecule has 0 aliphatic heterocycles. The third-order valence-electron chi connectivity index (χ3n) is 2.83. The standard InChI is InChI=1S/C15H25N3O.HI/c1-4-16-15(17-10-11-19-3)18-12-13(2)14-8-6-5-7-9-14;/h5-9,13H,4,10-12H2,1-3H3,(H2,16,17,18);1H. The molecule has 4 nitrogen and oxygen atoms in total. The zero-order chi connectivity index (χ0) is 13.9. The van der Waals surface area contributed by atoms with Crippen LogP contribution in [-0.4, -0.2) is 39.3 Å². The van der Waals surface area contributed by atoms with E-state index in [0.717, 1.165) is 25.6 Å². The fourth-order valence-electron chi connectivity index (χ4n) is 1.73. The zero-order valence-corrected chi connectivity index (χ0v) is 14.9. The third-order valence-corrected chi connectivity index (χ3v) is 2.83. The molecule has 1 aromatic rings. The molecule has 1 rings (SSSR count). The predicted octanol–water partition coefficient (Wildman–Crippen LogP) is 2.61. The number of hydrogen-bond acceptors (Lipinski definition) is 2. The van der Waals surface area contributed by atoms with Crippen molar-refractivity contribution < 1.29 is 4.74 Å². The first-order chi connectivity index (χ1) is 9.27. The van der Waals surface area contributed by atoms with Crippen molar-refractivity contribution in [3.8, 4) is 0 Å². The lowest BCUT2D eigenvalue weighted by atomic mass is 10.0. The molecule has 0 amide bonds. The lowest BCUT2D eigenvalue weighted by Gasteiger charge is -2.13. The molecule has 0 aliphatic carbocycles. The summed E-state index contributed by atoms with van der Waals surface area (Å²) in [5.74, 6) is 1.27. The highest BCUT2D eigenvalue weighted by Gasteiger charge is 2.04. The summed E-state index contributed by atoms with van der Waals surface area (Å²) in [5.41, 5.74) is 1.32. The van der Waals surface area contributed by atoms with Crippen molar-refractivity contribution in [2.75, 3.05) is 33.4 Å². The molecule has 20 heavy (non-hydrogen) atoms. The third kappa shape index (κ3) is 7.69. The molecule has 1 aromatic carbocycles. The van der Waals surface area contributed by atoms with Crippen molar-refractivity contribution in [3.63, 3.8) is 0 Å². The Morgan fingerprint density at radius 2 is 1.95 bits per heavy atom. The Hall–Kier alpha value is -0.820. The smallest absolute Gasteiger partial charge is 0.191 e. The van der Waals surface area contributed by atoms with Crippen LogP contribution in [0.25, 0.3) is 0 Å². The number of halogens is 1. The maximum absolute atomic E-state index is 5.02. The van der Waals surface area contributed by atoms with Gasteiger partial charge in [0.1, 0.15) is 0 Å². The lowest BCUT2D eigenvalue weighted by Crippen LogP contribution is -2.39. The van der Waals surface area contributed by atoms with Crippen molar-refractivity contribution in [2.45, 2.75) is 19.8 Å². The van der Waals surface area contributed by atoms with Gasteiger partial charge >= 0.3 is 0 Å². The van der Waals surface area contributed by atoms with Crippen LogP contribution < -0.4 is 10.6 Å². The summed E-state index contributed by atoms with van der Waals surface area (Å²) >= 11 is 0. The Kier molecular flexibility index (Phi) is 11.5. The summed E-state index contributed by atoms with van der Waals surface area (Å²) in [5, 5.41) is 6.47. The second kappa shape index (κ2) is 12.0. The minimum Gasteiger partial charge on any atom is -0.383 e. The van der Waals surface area contributed by atoms with Gasteiger partial charge in [0, 0.05) is 32.7 Å². The van der Waals surface area contributed by atoms with Crippen LogP contribution in [0.4, 0.5) is 0 Å². The zero-order valence-electron chi connectivity index (χ0n) is 12.6. The van der Waals surface area contributed by atoms with E-state index < -0.39 is 0 Å². The number of guanidine groups is 1. The van der Waals surface area contributed by atoms with Gasteiger partial charge in [0.25, 0.3) is 0 Å². The van der Waals surface area contributed by atoms with Crippen molar-refractivity contribution in [1.82, 2.24) is 10.6 Å². The van der Waals surface area contributed by atoms with Crippen molar-refractivity contribution in [3.05, 3.63) is 35.9 Å². The van der Waals surface area contributed by atoms with Crippen molar-refractivity contribution in [1.29, 1.82) is 0 Å². The molecule has 0 spiro atoms. The van der Waals surface area contributed by atoms with E-state index in [1.165, 1.54) is 5.56 Å². The first kappa shape index (κ1) is 19.2. The number of rotatable bonds is 7. The average Bonchev–Trinajstić information content (AvgIpc) is 2.45. The van der Waals surface area contributed by atoms with Gasteiger partial charge in [-0.15, -0.1) is 24.0 Å². The van der Waals surface area contributed by atoms with Crippen LogP contribution in [0.5, 0.6) is 0 Å². The number of aliphatic imine (C=N–C) groups is 1. The molecular formula is C15H26IN3O. The van der Waals surface area contributed by atoms with E-state index in [4.69, 9.17) is 4.74 Å². The van der Waals surface area contributed by atoms with Crippen LogP contribution >= 0.6 is 24.0 Å². The molecule has 0 aromatic heterocycles. The topological polar surface area (TPSA) is 45.7 Å². The number of nitrogens with one attached hydrogen (secondary N) is 2. The van der Waals surface area contributed by atoms with E-state index in [1.807, 2.05) is 6.07 Å². The second-order valence-corrected chi connectivity index (χ2v) is 4.45. The Bertz CT molecular complexity index is 371. The van der Waals surface area contributed by atoms with E-state index in [2.05, 4.69) is 53.7 Å². The van der Waals surface area contributed by atoms with Gasteiger partial charge in [0.15, 0.2) is 5.96 Å². The van der Waals surface area contributed by atoms with E-state index >= 15 is 0 Å². The van der Waals surface area contributed by atoms with Gasteiger partial charge in [-0.3, -0.25) is 4.99 Å². The van der Waals surface area contributed by atoms with Crippen LogP contribution in [-0.2, 0) is 4.74 Å². The molecule has 2 N–H and O–H groups in total. The van der Waals surface area contributed by atoms with Gasteiger partial charge < -0.3 is 15.4 Å². The summed E-state index contributed by atoms with van der Waals surface area (Å²) in [6, 6.07) is 10.5. The summed E-state index contributed by atoms with van der Waals surface area (Å²) in [7, 11) is 1.70. The summed E-state index contributed by atoms with van der Waals surface area (Å²) in [6.07, 6.45) is 0. The first-order valence-corrected chi connectivity index (χ1v) is 6.84. The van der Waals surface area contributed by atoms with E-state index in [0.29, 0.717) is 12.5 Å². The van der Waals surface area contributed by atoms with Crippen LogP contribution in [0.15, 0.2) is 35.3 Å². The summed E-state index contributed by atoms with van der Waals surface area (Å²) < 4.78 is 5.02. The molecular weight excluding hydrogens is 365 g/mol. The molecule has 0 radical (unpaired) electrons. The van der Waals surface area contributed by atoms with Crippen LogP contribution in [0.3, 0.4) is 0 Å². The van der Waals surface area contributed by atoms with Crippen LogP contribution in [0, 0.1) is 0 Å². The molecule has 0 fully saturated rings. The fraction of sp³-hybridized carbons (Fsp3) is 0.533. The highest BCUT2D eigenvalue weighted by atomic mass is 127. The molecule has 0 saturated carbocycles. The molecule has 114 valence electrons. The highest BCUT2D eigenvalue weighted by molar-refractivity contribution is 14.0. The summed E-state index contributed by atoms with van der Waals surface area (Å²) in [4.78, 5) is 4.60. The SMILES string of the molecule is CCNC(=NCC(C)c1ccccc1)NCCOC.I. The second-order valence-electron chi connectivity index (χ2n) is 4.45. The van der Waals surface area contributed by atoms with E-state index in [9.17, 15) is 0 Å². The number of benzene rings is 1. The quantitative estimate of drug-likeness (QED) is 0.325. The fourth-order valence-corrected chi connectivity index (χ4v) is 1.73. The monoisotopic (exact) mass is 391 g/mol. The predicted molar refractivity (Wildman–Crippen MR) is 96.1 cm³/mol. The largest absolute Gasteiger partial charge is 0.383 e. The van der Waals surface area contributed by atoms with Crippen molar-refractivity contribution >= 4 is 29.9 Å². The minimum atomic E-state index is 0. The van der Waals surface area contributed by atoms with Gasteiger partial charge in [0.05, 0.1) is 6.61 Å². The average molecular weight is 391 g/mol. The van der Waals surface area contributed by atoms with Crippen molar-refractivity contribution in [2.24, 2.45) is 4.99 Å². The highest BCUT2D eigenvalue weighted by Crippen LogP contribution is 2.14. The van der Waals surface area contributed by atoms with Crippen LogP contribution in [0.1, 0.15) is 25.3 Å². The van der Waals surface area contributed by atoms with E-state index in [1.54, 1.807) is 7.11 Å². The number of ether oxygens (including phenoxy) is 1. The molecule has 0 aliphatic rings. The van der Waals surface area contributed by atoms with Gasteiger partial charge in [-0.2, -0.15) is 0 Å². The Labute approximate surface area is 139 Å². The summed E-state index contributed by atoms with van der Waals surface area (Å²) in [6.45, 7) is 7.33. The van der Waals surface area contributed by atoms with Crippen LogP contribution in [0.2, 0.25) is 0 Å². The molecule has 0 bridgehead atoms. The number of hydrogen-bond donors (Lipinski definition) is 2. The molecule has 1 atom stereocenters. The maximum Gasteiger partial charge on any atom is 0.191 e. The Morgan fingerprint density at radius 3 is 2.55 bits per heavy atom. The maximum atomic E-state index is 5.02. The van der Waals surface area contributed by atoms with Gasteiger partial charge in [0.2, 0.25) is 0 Å². The molecule has 0 heterocycles. The molecule has 1 unspecified atom stereocenters. The molecule has 0 saturated heterocycles. The van der Waals surface area contributed by atoms with Gasteiger partial charge in [-0.05, 0) is 12.5 Å². The Morgan fingerprint density at radius 1 is 1.25 bits per heavy atom. The lowest BCUT2D eigenvalue weighted by molar-refractivity contribution is 0.203. The normalized spacial score (nSPS) is 12.4. The molecule has 5 heteroatoms. The number of nitrogens with zero attached hydrogens (tertiary/aromatic N) is 1. The van der Waals surface area contributed by atoms with Gasteiger partial charge in [-0.25, -0.2) is 0 Å². The number of methoxy groups -OCH3 is 1. The first-order valence-electron chi connectivity index (χ1n) is 6.84. The Balaban J connectivity index is 0.00000361. The van der Waals surface area contributed by atoms with Gasteiger partial charge in [-0.1, -0.05) is 37.3 Å².